The smallest absolute Gasteiger partial charge is 0.335 e. The molecular formula is C19H19N3O4. The number of benzene rings is 1. The van der Waals surface area contributed by atoms with Crippen molar-refractivity contribution in [1.29, 1.82) is 0 Å². The fraction of sp³-hybridized carbons (Fsp3) is 0.316. The van der Waals surface area contributed by atoms with Crippen molar-refractivity contribution >= 4 is 17.7 Å². The maximum atomic E-state index is 12.6. The van der Waals surface area contributed by atoms with Gasteiger partial charge in [0.1, 0.15) is 0 Å². The largest absolute Gasteiger partial charge is 0.478 e. The van der Waals surface area contributed by atoms with E-state index in [1.54, 1.807) is 29.2 Å². The van der Waals surface area contributed by atoms with Gasteiger partial charge >= 0.3 is 12.0 Å². The number of carboxylic acids is 1. The Morgan fingerprint density at radius 1 is 1.04 bits per heavy atom. The molecule has 2 N–H and O–H groups in total. The van der Waals surface area contributed by atoms with Gasteiger partial charge in [-0.1, -0.05) is 6.07 Å². The van der Waals surface area contributed by atoms with Crippen LogP contribution in [0.25, 0.3) is 0 Å². The Kier molecular flexibility index (Phi) is 3.99. The molecule has 2 aliphatic rings. The van der Waals surface area contributed by atoms with Gasteiger partial charge in [0.25, 0.3) is 5.56 Å². The highest BCUT2D eigenvalue weighted by atomic mass is 16.4. The minimum Gasteiger partial charge on any atom is -0.478 e. The van der Waals surface area contributed by atoms with Gasteiger partial charge < -0.3 is 19.9 Å². The quantitative estimate of drug-likeness (QED) is 0.866. The third-order valence-corrected chi connectivity index (χ3v) is 5.15. The molecule has 4 rings (SSSR count). The minimum absolute atomic E-state index is 0.0219. The molecule has 3 heterocycles. The van der Waals surface area contributed by atoms with Crippen molar-refractivity contribution in [3.05, 3.63) is 64.1 Å². The number of rotatable bonds is 2. The highest BCUT2D eigenvalue weighted by Crippen LogP contribution is 2.35. The molecule has 134 valence electrons. The molecule has 2 atom stereocenters. The standard InChI is InChI=1S/C19H19N3O4/c23-17-3-1-2-16-14-8-12(10-22(16)17)9-21(11-14)19(26)20-15-6-4-13(5-7-15)18(24)25/h1-7,12,14H,8-11H2,(H,20,26)(H,24,25)/t12-,14-/m0/s1. The molecular weight excluding hydrogens is 334 g/mol. The number of pyridine rings is 1. The molecule has 0 radical (unpaired) electrons. The number of aromatic carboxylic acids is 1. The van der Waals surface area contributed by atoms with Gasteiger partial charge in [0.05, 0.1) is 5.56 Å². The molecule has 1 aromatic carbocycles. The molecule has 0 aliphatic carbocycles. The van der Waals surface area contributed by atoms with E-state index >= 15 is 0 Å². The highest BCUT2D eigenvalue weighted by molar-refractivity contribution is 5.91. The van der Waals surface area contributed by atoms with Crippen molar-refractivity contribution in [3.8, 4) is 0 Å². The van der Waals surface area contributed by atoms with E-state index in [-0.39, 0.29) is 29.0 Å². The summed E-state index contributed by atoms with van der Waals surface area (Å²) in [5.74, 6) is -0.571. The number of hydrogen-bond donors (Lipinski definition) is 2. The number of amides is 2. The molecule has 1 fully saturated rings. The molecule has 0 saturated carbocycles. The number of nitrogens with one attached hydrogen (secondary N) is 1. The van der Waals surface area contributed by atoms with E-state index in [1.165, 1.54) is 12.1 Å². The first-order chi connectivity index (χ1) is 12.5. The van der Waals surface area contributed by atoms with Crippen LogP contribution in [0.3, 0.4) is 0 Å². The first-order valence-corrected chi connectivity index (χ1v) is 8.60. The van der Waals surface area contributed by atoms with E-state index in [9.17, 15) is 14.4 Å². The maximum Gasteiger partial charge on any atom is 0.335 e. The van der Waals surface area contributed by atoms with Gasteiger partial charge in [-0.2, -0.15) is 0 Å². The van der Waals surface area contributed by atoms with Crippen molar-refractivity contribution in [2.24, 2.45) is 5.92 Å². The maximum absolute atomic E-state index is 12.6. The lowest BCUT2D eigenvalue weighted by atomic mass is 9.83. The number of nitrogens with zero attached hydrogens (tertiary/aromatic N) is 2. The third-order valence-electron chi connectivity index (χ3n) is 5.15. The van der Waals surface area contributed by atoms with Gasteiger partial charge in [-0.3, -0.25) is 4.79 Å². The molecule has 2 aromatic rings. The molecule has 26 heavy (non-hydrogen) atoms. The molecule has 2 aliphatic heterocycles. The number of carbonyl (C=O) groups is 2. The third kappa shape index (κ3) is 2.96. The zero-order valence-corrected chi connectivity index (χ0v) is 14.1. The summed E-state index contributed by atoms with van der Waals surface area (Å²) in [4.78, 5) is 37.4. The second-order valence-electron chi connectivity index (χ2n) is 6.92. The molecule has 0 unspecified atom stereocenters. The predicted octanol–water partition coefficient (Wildman–Crippen LogP) is 2.20. The van der Waals surface area contributed by atoms with E-state index in [0.717, 1.165) is 12.1 Å². The van der Waals surface area contributed by atoms with Crippen molar-refractivity contribution < 1.29 is 14.7 Å². The summed E-state index contributed by atoms with van der Waals surface area (Å²) in [5.41, 5.74) is 1.76. The number of likely N-dealkylation sites (tertiary alicyclic amines) is 1. The summed E-state index contributed by atoms with van der Waals surface area (Å²) in [6, 6.07) is 11.2. The topological polar surface area (TPSA) is 91.6 Å². The molecule has 1 aromatic heterocycles. The van der Waals surface area contributed by atoms with Gasteiger partial charge in [0.2, 0.25) is 0 Å². The van der Waals surface area contributed by atoms with Crippen LogP contribution >= 0.6 is 0 Å². The van der Waals surface area contributed by atoms with Crippen molar-refractivity contribution in [1.82, 2.24) is 9.47 Å². The van der Waals surface area contributed by atoms with Gasteiger partial charge in [-0.05, 0) is 42.7 Å². The number of hydrogen-bond acceptors (Lipinski definition) is 3. The zero-order chi connectivity index (χ0) is 18.3. The lowest BCUT2D eigenvalue weighted by Gasteiger charge is -2.42. The van der Waals surface area contributed by atoms with Crippen LogP contribution in [0.4, 0.5) is 10.5 Å². The first-order valence-electron chi connectivity index (χ1n) is 8.60. The fourth-order valence-electron chi connectivity index (χ4n) is 3.96. The molecule has 2 amide bonds. The summed E-state index contributed by atoms with van der Waals surface area (Å²) in [5, 5.41) is 11.8. The minimum atomic E-state index is -0.999. The Bertz CT molecular complexity index is 919. The Hall–Kier alpha value is -3.09. The summed E-state index contributed by atoms with van der Waals surface area (Å²) in [6.45, 7) is 1.82. The summed E-state index contributed by atoms with van der Waals surface area (Å²) in [6.07, 6.45) is 0.987. The summed E-state index contributed by atoms with van der Waals surface area (Å²) in [7, 11) is 0. The van der Waals surface area contributed by atoms with E-state index < -0.39 is 5.97 Å². The van der Waals surface area contributed by atoms with Gasteiger partial charge in [0.15, 0.2) is 0 Å². The average molecular weight is 353 g/mol. The van der Waals surface area contributed by atoms with E-state index in [0.29, 0.717) is 25.3 Å². The van der Waals surface area contributed by atoms with E-state index in [4.69, 9.17) is 5.11 Å². The average Bonchev–Trinajstić information content (AvgIpc) is 2.63. The number of carbonyl (C=O) groups excluding carboxylic acids is 1. The van der Waals surface area contributed by atoms with Gasteiger partial charge in [0, 0.05) is 43.0 Å². The van der Waals surface area contributed by atoms with Crippen molar-refractivity contribution in [3.63, 3.8) is 0 Å². The van der Waals surface area contributed by atoms with E-state index in [2.05, 4.69) is 5.32 Å². The van der Waals surface area contributed by atoms with Crippen LogP contribution in [0.1, 0.15) is 28.4 Å². The number of urea groups is 1. The SMILES string of the molecule is O=C(O)c1ccc(NC(=O)N2C[C@@H]3C[C@@H](C2)c2cccc(=O)n2C3)cc1. The van der Waals surface area contributed by atoms with Crippen LogP contribution in [0.5, 0.6) is 0 Å². The number of anilines is 1. The van der Waals surface area contributed by atoms with Crippen molar-refractivity contribution in [2.45, 2.75) is 18.9 Å². The number of aromatic nitrogens is 1. The Balaban J connectivity index is 1.49. The fourth-order valence-corrected chi connectivity index (χ4v) is 3.96. The molecule has 0 spiro atoms. The summed E-state index contributed by atoms with van der Waals surface area (Å²) < 4.78 is 1.83. The second kappa shape index (κ2) is 6.33. The number of piperidine rings is 1. The van der Waals surface area contributed by atoms with Gasteiger partial charge in [-0.15, -0.1) is 0 Å². The highest BCUT2D eigenvalue weighted by Gasteiger charge is 2.36. The Labute approximate surface area is 149 Å². The molecule has 2 bridgehead atoms. The number of carboxylic acid groups (broad SMARTS) is 1. The summed E-state index contributed by atoms with van der Waals surface area (Å²) >= 11 is 0. The van der Waals surface area contributed by atoms with Crippen LogP contribution in [-0.2, 0) is 6.54 Å². The van der Waals surface area contributed by atoms with Crippen molar-refractivity contribution in [2.75, 3.05) is 18.4 Å². The van der Waals surface area contributed by atoms with Gasteiger partial charge in [-0.25, -0.2) is 9.59 Å². The Morgan fingerprint density at radius 2 is 1.81 bits per heavy atom. The first kappa shape index (κ1) is 16.4. The van der Waals surface area contributed by atoms with E-state index in [1.807, 2.05) is 10.6 Å². The van der Waals surface area contributed by atoms with Crippen LogP contribution in [0, 0.1) is 5.92 Å². The molecule has 7 heteroatoms. The number of fused-ring (bicyclic) bond motifs is 4. The van der Waals surface area contributed by atoms with Crippen LogP contribution in [-0.4, -0.2) is 39.7 Å². The second-order valence-corrected chi connectivity index (χ2v) is 6.92. The van der Waals surface area contributed by atoms with Crippen LogP contribution in [0.2, 0.25) is 0 Å². The molecule has 7 nitrogen and oxygen atoms in total. The molecule has 1 saturated heterocycles. The predicted molar refractivity (Wildman–Crippen MR) is 95.5 cm³/mol. The lowest BCUT2D eigenvalue weighted by Crippen LogP contribution is -2.50. The monoisotopic (exact) mass is 353 g/mol. The Morgan fingerprint density at radius 3 is 2.54 bits per heavy atom. The zero-order valence-electron chi connectivity index (χ0n) is 14.1. The normalized spacial score (nSPS) is 21.0. The van der Waals surface area contributed by atoms with Crippen LogP contribution in [0.15, 0.2) is 47.3 Å². The lowest BCUT2D eigenvalue weighted by molar-refractivity contribution is 0.0697. The van der Waals surface area contributed by atoms with Crippen LogP contribution < -0.4 is 10.9 Å².